The summed E-state index contributed by atoms with van der Waals surface area (Å²) in [6.45, 7) is 1.28. The highest BCUT2D eigenvalue weighted by molar-refractivity contribution is 7.75. The van der Waals surface area contributed by atoms with Crippen LogP contribution in [0.4, 0.5) is 0 Å². The second-order valence-electron chi connectivity index (χ2n) is 1.63. The van der Waals surface area contributed by atoms with Gasteiger partial charge in [0.1, 0.15) is 0 Å². The first-order valence-electron chi connectivity index (χ1n) is 2.92. The summed E-state index contributed by atoms with van der Waals surface area (Å²) >= 11 is 8.53. The van der Waals surface area contributed by atoms with Crippen molar-refractivity contribution in [1.29, 1.82) is 0 Å². The zero-order valence-electron chi connectivity index (χ0n) is 6.27. The third kappa shape index (κ3) is 7.30. The Kier molecular flexibility index (Phi) is 6.41. The minimum absolute atomic E-state index is 0.381. The minimum atomic E-state index is -0.381. The number of carbonyl (C=O) groups excluding carboxylic acids is 1. The molecule has 0 aliphatic heterocycles. The second-order valence-corrected chi connectivity index (χ2v) is 2.20. The normalized spacial score (nSPS) is 7.92. The Morgan fingerprint density at radius 2 is 2.33 bits per heavy atom. The summed E-state index contributed by atoms with van der Waals surface area (Å²) in [5.41, 5.74) is 0. The van der Waals surface area contributed by atoms with Gasteiger partial charge in [0, 0.05) is 26.0 Å². The van der Waals surface area contributed by atoms with Gasteiger partial charge in [0.15, 0.2) is 5.15 Å². The van der Waals surface area contributed by atoms with E-state index in [1.165, 1.54) is 6.92 Å². The fourth-order valence-corrected chi connectivity index (χ4v) is 0.399. The maximum absolute atomic E-state index is 9.51. The maximum atomic E-state index is 9.51. The van der Waals surface area contributed by atoms with Gasteiger partial charge >= 0.3 is 5.97 Å². The first-order chi connectivity index (χ1) is 5.66. The molecule has 0 aliphatic rings. The van der Waals surface area contributed by atoms with Crippen molar-refractivity contribution >= 4 is 30.5 Å². The molecule has 1 aromatic rings. The van der Waals surface area contributed by atoms with E-state index in [-0.39, 0.29) is 5.97 Å². The Morgan fingerprint density at radius 1 is 1.75 bits per heavy atom. The third-order valence-corrected chi connectivity index (χ3v) is 1.13. The molecule has 0 unspecified atom stereocenters. The van der Waals surface area contributed by atoms with E-state index in [1.54, 1.807) is 18.3 Å². The van der Waals surface area contributed by atoms with Crippen molar-refractivity contribution < 1.29 is 8.98 Å². The molecule has 0 radical (unpaired) electrons. The molecule has 4 nitrogen and oxygen atoms in total. The highest BCUT2D eigenvalue weighted by Crippen LogP contribution is 1.96. The van der Waals surface area contributed by atoms with Crippen LogP contribution >= 0.6 is 24.5 Å². The largest absolute Gasteiger partial charge is 0.395 e. The van der Waals surface area contributed by atoms with Crippen molar-refractivity contribution in [2.75, 3.05) is 0 Å². The van der Waals surface area contributed by atoms with Gasteiger partial charge in [-0.25, -0.2) is 0 Å². The SMILES string of the molecule is CC(=O)OS.Clc1cccnn1. The Hall–Kier alpha value is -0.810. The number of aromatic nitrogens is 2. The Morgan fingerprint density at radius 3 is 2.50 bits per heavy atom. The van der Waals surface area contributed by atoms with E-state index in [0.29, 0.717) is 5.15 Å². The molecular weight excluding hydrogens is 200 g/mol. The molecule has 0 N–H and O–H groups in total. The van der Waals surface area contributed by atoms with E-state index in [4.69, 9.17) is 11.6 Å². The number of hydrogen-bond acceptors (Lipinski definition) is 5. The molecule has 0 aromatic carbocycles. The number of carbonyl (C=O) groups is 1. The van der Waals surface area contributed by atoms with Gasteiger partial charge < -0.3 is 4.18 Å². The fourth-order valence-electron chi connectivity index (χ4n) is 0.283. The standard InChI is InChI=1S/C4H3ClN2.C2H4O2S/c5-4-2-1-3-6-7-4;1-2(3)4-5/h1-3H;5H,1H3. The number of rotatable bonds is 0. The fraction of sp³-hybridized carbons (Fsp3) is 0.167. The van der Waals surface area contributed by atoms with Gasteiger partial charge in [-0.15, -0.1) is 5.10 Å². The average molecular weight is 207 g/mol. The second kappa shape index (κ2) is 6.87. The summed E-state index contributed by atoms with van der Waals surface area (Å²) in [7, 11) is 0. The van der Waals surface area contributed by atoms with Gasteiger partial charge in [0.2, 0.25) is 0 Å². The van der Waals surface area contributed by atoms with Crippen LogP contribution in [0.3, 0.4) is 0 Å². The summed E-state index contributed by atoms with van der Waals surface area (Å²) in [6.07, 6.45) is 1.58. The quantitative estimate of drug-likeness (QED) is 0.517. The zero-order valence-corrected chi connectivity index (χ0v) is 7.92. The topological polar surface area (TPSA) is 52.1 Å². The van der Waals surface area contributed by atoms with Gasteiger partial charge in [-0.1, -0.05) is 11.6 Å². The van der Waals surface area contributed by atoms with Crippen LogP contribution < -0.4 is 0 Å². The van der Waals surface area contributed by atoms with Crippen molar-refractivity contribution in [2.24, 2.45) is 0 Å². The van der Waals surface area contributed by atoms with E-state index in [0.717, 1.165) is 0 Å². The van der Waals surface area contributed by atoms with Gasteiger partial charge in [0.05, 0.1) is 0 Å². The Balaban J connectivity index is 0.000000217. The summed E-state index contributed by atoms with van der Waals surface area (Å²) in [6, 6.07) is 3.41. The predicted molar refractivity (Wildman–Crippen MR) is 47.8 cm³/mol. The summed E-state index contributed by atoms with van der Waals surface area (Å²) in [5.74, 6) is -0.381. The molecule has 0 amide bonds. The van der Waals surface area contributed by atoms with E-state index in [1.807, 2.05) is 0 Å². The first-order valence-corrected chi connectivity index (χ1v) is 3.66. The number of halogens is 1. The molecule has 0 aliphatic carbocycles. The molecule has 0 fully saturated rings. The molecule has 1 rings (SSSR count). The molecule has 0 spiro atoms. The van der Waals surface area contributed by atoms with Crippen LogP contribution in [-0.4, -0.2) is 16.2 Å². The van der Waals surface area contributed by atoms with Crippen molar-refractivity contribution in [3.8, 4) is 0 Å². The number of thiol groups is 1. The number of nitrogens with zero attached hydrogens (tertiary/aromatic N) is 2. The van der Waals surface area contributed by atoms with Crippen molar-refractivity contribution in [1.82, 2.24) is 10.2 Å². The zero-order chi connectivity index (χ0) is 9.40. The molecule has 1 aromatic heterocycles. The van der Waals surface area contributed by atoms with Crippen LogP contribution in [0.25, 0.3) is 0 Å². The minimum Gasteiger partial charge on any atom is -0.395 e. The molecule has 12 heavy (non-hydrogen) atoms. The van der Waals surface area contributed by atoms with Crippen molar-refractivity contribution in [2.45, 2.75) is 6.92 Å². The summed E-state index contributed by atoms with van der Waals surface area (Å²) < 4.78 is 3.81. The van der Waals surface area contributed by atoms with E-state index >= 15 is 0 Å². The van der Waals surface area contributed by atoms with Crippen LogP contribution in [0.15, 0.2) is 18.3 Å². The maximum Gasteiger partial charge on any atom is 0.314 e. The summed E-state index contributed by atoms with van der Waals surface area (Å²) in [5, 5.41) is 7.43. The highest BCUT2D eigenvalue weighted by atomic mass is 35.5. The summed E-state index contributed by atoms with van der Waals surface area (Å²) in [4.78, 5) is 9.51. The van der Waals surface area contributed by atoms with Gasteiger partial charge in [-0.2, -0.15) is 5.10 Å². The third-order valence-electron chi connectivity index (χ3n) is 0.668. The van der Waals surface area contributed by atoms with Crippen LogP contribution in [0.2, 0.25) is 5.15 Å². The van der Waals surface area contributed by atoms with Crippen LogP contribution in [0.1, 0.15) is 6.92 Å². The predicted octanol–water partition coefficient (Wildman–Crippen LogP) is 1.52. The molecule has 0 saturated carbocycles. The van der Waals surface area contributed by atoms with Gasteiger partial charge in [0.25, 0.3) is 0 Å². The molecular formula is C6H7ClN2O2S. The first kappa shape index (κ1) is 11.2. The van der Waals surface area contributed by atoms with Crippen LogP contribution in [0, 0.1) is 0 Å². The van der Waals surface area contributed by atoms with E-state index < -0.39 is 0 Å². The Labute approximate surface area is 80.5 Å². The lowest BCUT2D eigenvalue weighted by molar-refractivity contribution is -0.130. The highest BCUT2D eigenvalue weighted by Gasteiger charge is 1.78. The molecule has 0 atom stereocenters. The Bertz CT molecular complexity index is 232. The average Bonchev–Trinajstić information content (AvgIpc) is 2.07. The van der Waals surface area contributed by atoms with E-state index in [2.05, 4.69) is 27.3 Å². The van der Waals surface area contributed by atoms with Crippen molar-refractivity contribution in [3.05, 3.63) is 23.5 Å². The van der Waals surface area contributed by atoms with Gasteiger partial charge in [-0.05, 0) is 12.1 Å². The molecule has 0 saturated heterocycles. The van der Waals surface area contributed by atoms with E-state index in [9.17, 15) is 4.79 Å². The van der Waals surface area contributed by atoms with Crippen LogP contribution in [0.5, 0.6) is 0 Å². The molecule has 0 bridgehead atoms. The van der Waals surface area contributed by atoms with Gasteiger partial charge in [-0.3, -0.25) is 4.79 Å². The number of hydrogen-bond donors (Lipinski definition) is 1. The smallest absolute Gasteiger partial charge is 0.314 e. The monoisotopic (exact) mass is 206 g/mol. The van der Waals surface area contributed by atoms with Crippen molar-refractivity contribution in [3.63, 3.8) is 0 Å². The van der Waals surface area contributed by atoms with Crippen LogP contribution in [-0.2, 0) is 8.98 Å². The lowest BCUT2D eigenvalue weighted by Crippen LogP contribution is -1.82. The lowest BCUT2D eigenvalue weighted by atomic mass is 10.6. The molecule has 66 valence electrons. The molecule has 1 heterocycles. The lowest BCUT2D eigenvalue weighted by Gasteiger charge is -1.78. The molecule has 6 heteroatoms.